The SMILES string of the molecule is CC(CCc1cccc(F)c1)N1CCN(CC#N)CC1. The maximum absolute atomic E-state index is 13.1. The fourth-order valence-electron chi connectivity index (χ4n) is 2.71. The molecule has 0 saturated carbocycles. The number of aryl methyl sites for hydroxylation is 1. The lowest BCUT2D eigenvalue weighted by molar-refractivity contribution is 0.107. The zero-order chi connectivity index (χ0) is 14.4. The van der Waals surface area contributed by atoms with Gasteiger partial charge in [0, 0.05) is 32.2 Å². The van der Waals surface area contributed by atoms with E-state index in [2.05, 4.69) is 22.8 Å². The van der Waals surface area contributed by atoms with Gasteiger partial charge in [0.1, 0.15) is 5.82 Å². The minimum atomic E-state index is -0.153. The largest absolute Gasteiger partial charge is 0.298 e. The average molecular weight is 275 g/mol. The highest BCUT2D eigenvalue weighted by Crippen LogP contribution is 2.13. The molecule has 0 spiro atoms. The van der Waals surface area contributed by atoms with Crippen LogP contribution in [0.15, 0.2) is 24.3 Å². The molecule has 0 N–H and O–H groups in total. The van der Waals surface area contributed by atoms with Crippen LogP contribution in [0.25, 0.3) is 0 Å². The Labute approximate surface area is 120 Å². The van der Waals surface area contributed by atoms with E-state index < -0.39 is 0 Å². The summed E-state index contributed by atoms with van der Waals surface area (Å²) in [5.74, 6) is -0.153. The van der Waals surface area contributed by atoms with Gasteiger partial charge in [-0.25, -0.2) is 4.39 Å². The number of nitriles is 1. The summed E-state index contributed by atoms with van der Waals surface area (Å²) >= 11 is 0. The third-order valence-corrected chi connectivity index (χ3v) is 4.06. The van der Waals surface area contributed by atoms with Crippen molar-refractivity contribution in [3.63, 3.8) is 0 Å². The summed E-state index contributed by atoms with van der Waals surface area (Å²) in [6, 6.07) is 9.58. The number of halogens is 1. The quantitative estimate of drug-likeness (QED) is 0.772. The summed E-state index contributed by atoms with van der Waals surface area (Å²) in [5.41, 5.74) is 1.07. The van der Waals surface area contributed by atoms with Crippen LogP contribution in [0.1, 0.15) is 18.9 Å². The number of hydrogen-bond acceptors (Lipinski definition) is 3. The molecule has 1 aromatic carbocycles. The van der Waals surface area contributed by atoms with Gasteiger partial charge in [0.15, 0.2) is 0 Å². The predicted octanol–water partition coefficient (Wildman–Crippen LogP) is 2.29. The highest BCUT2D eigenvalue weighted by molar-refractivity contribution is 5.16. The Morgan fingerprint density at radius 2 is 2.05 bits per heavy atom. The molecule has 1 heterocycles. The van der Waals surface area contributed by atoms with Gasteiger partial charge in [0.2, 0.25) is 0 Å². The maximum Gasteiger partial charge on any atom is 0.123 e. The van der Waals surface area contributed by atoms with Crippen LogP contribution in [0.2, 0.25) is 0 Å². The van der Waals surface area contributed by atoms with Crippen LogP contribution in [-0.2, 0) is 6.42 Å². The first-order valence-corrected chi connectivity index (χ1v) is 7.27. The summed E-state index contributed by atoms with van der Waals surface area (Å²) in [6.07, 6.45) is 1.96. The molecule has 1 saturated heterocycles. The number of nitrogens with zero attached hydrogens (tertiary/aromatic N) is 3. The molecule has 0 aromatic heterocycles. The van der Waals surface area contributed by atoms with Crippen LogP contribution >= 0.6 is 0 Å². The number of piperazine rings is 1. The molecule has 3 nitrogen and oxygen atoms in total. The monoisotopic (exact) mass is 275 g/mol. The van der Waals surface area contributed by atoms with Crippen molar-refractivity contribution in [1.29, 1.82) is 5.26 Å². The first-order valence-electron chi connectivity index (χ1n) is 7.27. The second-order valence-electron chi connectivity index (χ2n) is 5.49. The van der Waals surface area contributed by atoms with Gasteiger partial charge in [-0.05, 0) is 37.5 Å². The lowest BCUT2D eigenvalue weighted by Gasteiger charge is -2.37. The number of rotatable bonds is 5. The van der Waals surface area contributed by atoms with E-state index in [9.17, 15) is 4.39 Å². The molecule has 108 valence electrons. The van der Waals surface area contributed by atoms with E-state index in [-0.39, 0.29) is 5.82 Å². The molecule has 0 amide bonds. The van der Waals surface area contributed by atoms with Crippen molar-refractivity contribution in [3.8, 4) is 6.07 Å². The van der Waals surface area contributed by atoms with E-state index >= 15 is 0 Å². The van der Waals surface area contributed by atoms with Crippen molar-refractivity contribution in [2.75, 3.05) is 32.7 Å². The van der Waals surface area contributed by atoms with E-state index in [0.717, 1.165) is 44.6 Å². The van der Waals surface area contributed by atoms with Crippen LogP contribution < -0.4 is 0 Å². The fourth-order valence-corrected chi connectivity index (χ4v) is 2.71. The molecule has 2 rings (SSSR count). The molecule has 1 atom stereocenters. The minimum Gasteiger partial charge on any atom is -0.298 e. The second-order valence-corrected chi connectivity index (χ2v) is 5.49. The highest BCUT2D eigenvalue weighted by Gasteiger charge is 2.20. The summed E-state index contributed by atoms with van der Waals surface area (Å²) < 4.78 is 13.1. The van der Waals surface area contributed by atoms with Gasteiger partial charge in [-0.2, -0.15) is 5.26 Å². The summed E-state index contributed by atoms with van der Waals surface area (Å²) in [5, 5.41) is 8.69. The minimum absolute atomic E-state index is 0.153. The van der Waals surface area contributed by atoms with Crippen molar-refractivity contribution in [2.45, 2.75) is 25.8 Å². The predicted molar refractivity (Wildman–Crippen MR) is 77.8 cm³/mol. The van der Waals surface area contributed by atoms with E-state index in [1.165, 1.54) is 6.07 Å². The van der Waals surface area contributed by atoms with Crippen LogP contribution in [0.4, 0.5) is 4.39 Å². The van der Waals surface area contributed by atoms with Crippen molar-refractivity contribution in [3.05, 3.63) is 35.6 Å². The molecule has 0 aliphatic carbocycles. The second kappa shape index (κ2) is 7.37. The summed E-state index contributed by atoms with van der Waals surface area (Å²) in [7, 11) is 0. The molecule has 1 fully saturated rings. The Kier molecular flexibility index (Phi) is 5.51. The Morgan fingerprint density at radius 3 is 2.70 bits per heavy atom. The average Bonchev–Trinajstić information content (AvgIpc) is 2.46. The Bertz CT molecular complexity index is 461. The van der Waals surface area contributed by atoms with Crippen molar-refractivity contribution in [1.82, 2.24) is 9.80 Å². The van der Waals surface area contributed by atoms with Gasteiger partial charge in [0.25, 0.3) is 0 Å². The van der Waals surface area contributed by atoms with Crippen LogP contribution in [-0.4, -0.2) is 48.6 Å². The van der Waals surface area contributed by atoms with Gasteiger partial charge in [-0.1, -0.05) is 12.1 Å². The van der Waals surface area contributed by atoms with E-state index in [1.54, 1.807) is 12.1 Å². The van der Waals surface area contributed by atoms with Gasteiger partial charge >= 0.3 is 0 Å². The lowest BCUT2D eigenvalue weighted by atomic mass is 10.0. The molecule has 4 heteroatoms. The summed E-state index contributed by atoms with van der Waals surface area (Å²) in [4.78, 5) is 4.66. The Hall–Kier alpha value is -1.44. The molecule has 0 bridgehead atoms. The molecule has 1 aromatic rings. The number of benzene rings is 1. The van der Waals surface area contributed by atoms with E-state index in [1.807, 2.05) is 6.07 Å². The molecule has 20 heavy (non-hydrogen) atoms. The summed E-state index contributed by atoms with van der Waals surface area (Å²) in [6.45, 7) is 6.75. The third kappa shape index (κ3) is 4.29. The number of hydrogen-bond donors (Lipinski definition) is 0. The molecular formula is C16H22FN3. The van der Waals surface area contributed by atoms with E-state index in [4.69, 9.17) is 5.26 Å². The third-order valence-electron chi connectivity index (χ3n) is 4.06. The molecular weight excluding hydrogens is 253 g/mol. The lowest BCUT2D eigenvalue weighted by Crippen LogP contribution is -2.49. The Morgan fingerprint density at radius 1 is 1.30 bits per heavy atom. The fraction of sp³-hybridized carbons (Fsp3) is 0.562. The molecule has 1 aliphatic heterocycles. The highest BCUT2D eigenvalue weighted by atomic mass is 19.1. The van der Waals surface area contributed by atoms with Crippen molar-refractivity contribution in [2.24, 2.45) is 0 Å². The first-order chi connectivity index (χ1) is 9.69. The van der Waals surface area contributed by atoms with Gasteiger partial charge < -0.3 is 0 Å². The first kappa shape index (κ1) is 15.0. The van der Waals surface area contributed by atoms with Gasteiger partial charge in [0.05, 0.1) is 12.6 Å². The molecule has 1 aliphatic rings. The smallest absolute Gasteiger partial charge is 0.123 e. The van der Waals surface area contributed by atoms with Crippen molar-refractivity contribution < 1.29 is 4.39 Å². The molecule has 0 radical (unpaired) electrons. The van der Waals surface area contributed by atoms with Crippen LogP contribution in [0.3, 0.4) is 0 Å². The van der Waals surface area contributed by atoms with Crippen molar-refractivity contribution >= 4 is 0 Å². The maximum atomic E-state index is 13.1. The van der Waals surface area contributed by atoms with Gasteiger partial charge in [-0.3, -0.25) is 9.80 Å². The standard InChI is InChI=1S/C16H22FN3/c1-14(5-6-15-3-2-4-16(17)13-15)20-11-9-19(8-7-18)10-12-20/h2-4,13-14H,5-6,8-12H2,1H3. The van der Waals surface area contributed by atoms with Crippen LogP contribution in [0.5, 0.6) is 0 Å². The zero-order valence-electron chi connectivity index (χ0n) is 12.1. The van der Waals surface area contributed by atoms with E-state index in [0.29, 0.717) is 12.6 Å². The van der Waals surface area contributed by atoms with Gasteiger partial charge in [-0.15, -0.1) is 0 Å². The molecule has 1 unspecified atom stereocenters. The normalized spacial score (nSPS) is 18.6. The van der Waals surface area contributed by atoms with Crippen LogP contribution in [0, 0.1) is 17.1 Å². The Balaban J connectivity index is 1.76. The topological polar surface area (TPSA) is 30.3 Å². The zero-order valence-corrected chi connectivity index (χ0v) is 12.1.